The van der Waals surface area contributed by atoms with Crippen LogP contribution in [0.1, 0.15) is 27.2 Å². The van der Waals surface area contributed by atoms with Crippen LogP contribution in [0, 0.1) is 5.92 Å². The molecule has 0 aromatic carbocycles. The third kappa shape index (κ3) is 5.40. The highest BCUT2D eigenvalue weighted by atomic mass is 35.7. The second-order valence-corrected chi connectivity index (χ2v) is 8.66. The molecule has 0 aromatic rings. The number of piperidine rings is 1. The monoisotopic (exact) mass is 333 g/mol. The van der Waals surface area contributed by atoms with Crippen molar-refractivity contribution in [3.8, 4) is 0 Å². The van der Waals surface area contributed by atoms with E-state index in [-0.39, 0.29) is 6.54 Å². The molecule has 1 saturated heterocycles. The van der Waals surface area contributed by atoms with Gasteiger partial charge in [-0.15, -0.1) is 0 Å². The summed E-state index contributed by atoms with van der Waals surface area (Å²) in [5.74, 6) is -5.56. The molecule has 5 nitrogen and oxygen atoms in total. The summed E-state index contributed by atoms with van der Waals surface area (Å²) in [5.41, 5.74) is -0.745. The first-order valence-corrected chi connectivity index (χ1v) is 8.56. The van der Waals surface area contributed by atoms with Crippen molar-refractivity contribution in [2.24, 2.45) is 5.92 Å². The number of carbonyl (C=O) groups excluding carboxylic acids is 1. The maximum Gasteiger partial charge on any atom is 0.410 e. The number of ether oxygens (including phenoxy) is 1. The van der Waals surface area contributed by atoms with Gasteiger partial charge in [0.1, 0.15) is 5.60 Å². The van der Waals surface area contributed by atoms with Crippen LogP contribution < -0.4 is 0 Å². The molecule has 118 valence electrons. The first-order valence-electron chi connectivity index (χ1n) is 6.08. The molecule has 9 heteroatoms. The van der Waals surface area contributed by atoms with E-state index >= 15 is 0 Å². The number of halogens is 3. The fourth-order valence-corrected chi connectivity index (χ4v) is 3.17. The fourth-order valence-electron chi connectivity index (χ4n) is 1.89. The van der Waals surface area contributed by atoms with Gasteiger partial charge in [-0.1, -0.05) is 0 Å². The number of hydrogen-bond donors (Lipinski definition) is 0. The zero-order valence-electron chi connectivity index (χ0n) is 11.5. The molecule has 1 rings (SSSR count). The summed E-state index contributed by atoms with van der Waals surface area (Å²) in [7, 11) is 0.966. The largest absolute Gasteiger partial charge is 0.444 e. The standard InChI is InChI=1S/C11H18ClF2NO4S/c1-10(2,3)19-9(16)15-5-4-11(13,14)8(6-15)7-20(12,17)18/h8H,4-7H2,1-3H3. The Balaban J connectivity index is 2.78. The summed E-state index contributed by atoms with van der Waals surface area (Å²) >= 11 is 0. The average Bonchev–Trinajstić information content (AvgIpc) is 2.16. The molecule has 0 saturated carbocycles. The number of rotatable bonds is 2. The fraction of sp³-hybridized carbons (Fsp3) is 0.909. The van der Waals surface area contributed by atoms with E-state index in [1.165, 1.54) is 0 Å². The molecule has 1 fully saturated rings. The number of amides is 1. The van der Waals surface area contributed by atoms with Crippen molar-refractivity contribution in [1.29, 1.82) is 0 Å². The Bertz CT molecular complexity index is 475. The Hall–Kier alpha value is -0.630. The summed E-state index contributed by atoms with van der Waals surface area (Å²) in [5, 5.41) is 0. The second-order valence-electron chi connectivity index (χ2n) is 5.84. The van der Waals surface area contributed by atoms with Gasteiger partial charge in [-0.2, -0.15) is 0 Å². The Kier molecular flexibility index (Phi) is 4.91. The van der Waals surface area contributed by atoms with Crippen molar-refractivity contribution >= 4 is 25.8 Å². The van der Waals surface area contributed by atoms with Crippen molar-refractivity contribution in [1.82, 2.24) is 4.90 Å². The second kappa shape index (κ2) is 5.63. The summed E-state index contributed by atoms with van der Waals surface area (Å²) in [4.78, 5) is 12.9. The van der Waals surface area contributed by atoms with E-state index in [1.54, 1.807) is 20.8 Å². The molecule has 0 spiro atoms. The van der Waals surface area contributed by atoms with Crippen molar-refractivity contribution in [3.05, 3.63) is 0 Å². The lowest BCUT2D eigenvalue weighted by atomic mass is 9.95. The molecule has 1 unspecified atom stereocenters. The van der Waals surface area contributed by atoms with Crippen LogP contribution in [-0.4, -0.2) is 49.8 Å². The lowest BCUT2D eigenvalue weighted by molar-refractivity contribution is -0.0971. The molecule has 0 bridgehead atoms. The predicted octanol–water partition coefficient (Wildman–Crippen LogP) is 2.45. The molecule has 20 heavy (non-hydrogen) atoms. The Morgan fingerprint density at radius 3 is 2.45 bits per heavy atom. The maximum atomic E-state index is 13.7. The van der Waals surface area contributed by atoms with Gasteiger partial charge in [0, 0.05) is 30.2 Å². The highest BCUT2D eigenvalue weighted by Gasteiger charge is 2.47. The highest BCUT2D eigenvalue weighted by molar-refractivity contribution is 8.13. The molecule has 1 heterocycles. The molecule has 0 aromatic heterocycles. The summed E-state index contributed by atoms with van der Waals surface area (Å²) in [6, 6.07) is 0. The van der Waals surface area contributed by atoms with Crippen LogP contribution in [-0.2, 0) is 13.8 Å². The molecule has 0 radical (unpaired) electrons. The van der Waals surface area contributed by atoms with Gasteiger partial charge in [0.05, 0.1) is 11.7 Å². The minimum absolute atomic E-state index is 0.180. The van der Waals surface area contributed by atoms with E-state index < -0.39 is 51.3 Å². The molecule has 1 aliphatic rings. The van der Waals surface area contributed by atoms with Gasteiger partial charge in [-0.25, -0.2) is 22.0 Å². The maximum absolute atomic E-state index is 13.7. The van der Waals surface area contributed by atoms with Gasteiger partial charge >= 0.3 is 6.09 Å². The Morgan fingerprint density at radius 1 is 1.45 bits per heavy atom. The minimum atomic E-state index is -4.07. The Labute approximate surface area is 121 Å². The van der Waals surface area contributed by atoms with Crippen LogP contribution in [0.3, 0.4) is 0 Å². The summed E-state index contributed by atoms with van der Waals surface area (Å²) in [6.07, 6.45) is -1.34. The molecule has 1 atom stereocenters. The van der Waals surface area contributed by atoms with Crippen LogP contribution in [0.5, 0.6) is 0 Å². The van der Waals surface area contributed by atoms with E-state index in [9.17, 15) is 22.0 Å². The molecular weight excluding hydrogens is 316 g/mol. The van der Waals surface area contributed by atoms with Gasteiger partial charge in [0.15, 0.2) is 0 Å². The Morgan fingerprint density at radius 2 is 2.00 bits per heavy atom. The number of likely N-dealkylation sites (tertiary alicyclic amines) is 1. The van der Waals surface area contributed by atoms with Gasteiger partial charge in [0.2, 0.25) is 9.05 Å². The number of hydrogen-bond acceptors (Lipinski definition) is 4. The molecule has 1 amide bonds. The van der Waals surface area contributed by atoms with E-state index in [1.807, 2.05) is 0 Å². The van der Waals surface area contributed by atoms with E-state index in [2.05, 4.69) is 0 Å². The smallest absolute Gasteiger partial charge is 0.410 e. The van der Waals surface area contributed by atoms with Gasteiger partial charge < -0.3 is 9.64 Å². The minimum Gasteiger partial charge on any atom is -0.444 e. The van der Waals surface area contributed by atoms with Crippen LogP contribution in [0.15, 0.2) is 0 Å². The zero-order valence-corrected chi connectivity index (χ0v) is 13.1. The molecule has 1 aliphatic heterocycles. The lowest BCUT2D eigenvalue weighted by Crippen LogP contribution is -2.52. The number of nitrogens with zero attached hydrogens (tertiary/aromatic N) is 1. The first-order chi connectivity index (χ1) is 8.80. The molecule has 0 aliphatic carbocycles. The van der Waals surface area contributed by atoms with Crippen molar-refractivity contribution in [3.63, 3.8) is 0 Å². The average molecular weight is 334 g/mol. The van der Waals surface area contributed by atoms with Crippen LogP contribution in [0.25, 0.3) is 0 Å². The summed E-state index contributed by atoms with van der Waals surface area (Å²) < 4.78 is 54.4. The quantitative estimate of drug-likeness (QED) is 0.728. The molecule has 0 N–H and O–H groups in total. The lowest BCUT2D eigenvalue weighted by Gasteiger charge is -2.38. The van der Waals surface area contributed by atoms with Gasteiger partial charge in [0.25, 0.3) is 5.92 Å². The van der Waals surface area contributed by atoms with E-state index in [0.29, 0.717) is 0 Å². The topological polar surface area (TPSA) is 63.7 Å². The van der Waals surface area contributed by atoms with Gasteiger partial charge in [-0.3, -0.25) is 0 Å². The van der Waals surface area contributed by atoms with Crippen LogP contribution in [0.2, 0.25) is 0 Å². The number of alkyl halides is 2. The van der Waals surface area contributed by atoms with E-state index in [0.717, 1.165) is 4.90 Å². The highest BCUT2D eigenvalue weighted by Crippen LogP contribution is 2.35. The van der Waals surface area contributed by atoms with E-state index in [4.69, 9.17) is 15.4 Å². The predicted molar refractivity (Wildman–Crippen MR) is 70.5 cm³/mol. The normalized spacial score (nSPS) is 23.5. The van der Waals surface area contributed by atoms with Crippen LogP contribution in [0.4, 0.5) is 13.6 Å². The molecular formula is C11H18ClF2NO4S. The van der Waals surface area contributed by atoms with Crippen LogP contribution >= 0.6 is 10.7 Å². The SMILES string of the molecule is CC(C)(C)OC(=O)N1CCC(F)(F)C(CS(=O)(=O)Cl)C1. The third-order valence-electron chi connectivity index (χ3n) is 2.81. The van der Waals surface area contributed by atoms with Crippen molar-refractivity contribution < 1.29 is 26.7 Å². The van der Waals surface area contributed by atoms with Gasteiger partial charge in [-0.05, 0) is 20.8 Å². The number of carbonyl (C=O) groups is 1. The zero-order chi connectivity index (χ0) is 15.8. The van der Waals surface area contributed by atoms with Crippen molar-refractivity contribution in [2.45, 2.75) is 38.7 Å². The first kappa shape index (κ1) is 17.4. The summed E-state index contributed by atoms with van der Waals surface area (Å²) in [6.45, 7) is 4.40. The third-order valence-corrected chi connectivity index (χ3v) is 3.98. The van der Waals surface area contributed by atoms with Crippen molar-refractivity contribution in [2.75, 3.05) is 18.8 Å².